The van der Waals surface area contributed by atoms with Crippen LogP contribution in [0.25, 0.3) is 0 Å². The van der Waals surface area contributed by atoms with Gasteiger partial charge >= 0.3 is 15.2 Å². The highest BCUT2D eigenvalue weighted by Gasteiger charge is 2.42. The highest BCUT2D eigenvalue weighted by Crippen LogP contribution is 2.56. The van der Waals surface area contributed by atoms with Crippen molar-refractivity contribution in [1.29, 1.82) is 0 Å². The molecule has 0 aromatic rings. The average Bonchev–Trinajstić information content (AvgIpc) is 3.50. The maximum absolute atomic E-state index is 13.5. The lowest BCUT2D eigenvalue weighted by Gasteiger charge is -2.27. The second-order valence-corrected chi connectivity index (χ2v) is 12.9. The van der Waals surface area contributed by atoms with Crippen molar-refractivity contribution in [2.45, 2.75) is 68.7 Å². The SMILES string of the molecule is O=[P@]1(OC2CCO[C@@H]2CO)CCCC[P@@](=O)(OC[C@H]2OCCC2O)OC2CCO[C@@H]2CO1. The molecule has 2 N–H and O–H groups in total. The Kier molecular flexibility index (Phi) is 8.84. The van der Waals surface area contributed by atoms with Crippen molar-refractivity contribution >= 4 is 15.2 Å². The standard InChI is InChI=1S/C19H34O11P2/c20-11-17-15(4-7-24-17)29-32(23)10-2-1-9-31(22,27-12-18-14(21)3-6-25-18)30-16-5-8-26-19(16)13-28-32/h14-21H,1-13H2/t14?,15?,16?,17-,18-,19-,31-,32-/m1/s1. The molecule has 0 saturated carbocycles. The van der Waals surface area contributed by atoms with Gasteiger partial charge in [-0.3, -0.25) is 9.13 Å². The van der Waals surface area contributed by atoms with Gasteiger partial charge in [0.2, 0.25) is 0 Å². The molecule has 3 unspecified atom stereocenters. The number of aliphatic hydroxyl groups excluding tert-OH is 2. The molecule has 0 aliphatic carbocycles. The molecule has 13 heteroatoms. The van der Waals surface area contributed by atoms with Crippen LogP contribution < -0.4 is 0 Å². The minimum absolute atomic E-state index is 0.0149. The van der Waals surface area contributed by atoms with Gasteiger partial charge in [0.05, 0.1) is 50.5 Å². The molecule has 0 aromatic heterocycles. The Bertz CT molecular complexity index is 707. The fourth-order valence-corrected chi connectivity index (χ4v) is 8.18. The molecular weight excluding hydrogens is 466 g/mol. The van der Waals surface area contributed by atoms with Crippen LogP contribution in [0, 0.1) is 0 Å². The van der Waals surface area contributed by atoms with E-state index >= 15 is 0 Å². The molecular formula is C19H34O11P2. The first-order valence-corrected chi connectivity index (χ1v) is 14.8. The van der Waals surface area contributed by atoms with E-state index in [1.54, 1.807) is 0 Å². The molecule has 11 nitrogen and oxygen atoms in total. The second-order valence-electron chi connectivity index (χ2n) is 8.60. The van der Waals surface area contributed by atoms with Gasteiger partial charge in [-0.15, -0.1) is 0 Å². The number of hydrogen-bond acceptors (Lipinski definition) is 11. The molecule has 4 fully saturated rings. The fraction of sp³-hybridized carbons (Fsp3) is 1.00. The summed E-state index contributed by atoms with van der Waals surface area (Å²) in [7, 11) is -6.99. The van der Waals surface area contributed by atoms with Gasteiger partial charge in [0, 0.05) is 32.7 Å². The van der Waals surface area contributed by atoms with E-state index in [0.29, 0.717) is 51.9 Å². The molecule has 0 aromatic carbocycles. The third kappa shape index (κ3) is 6.40. The number of aliphatic hydroxyl groups is 2. The van der Waals surface area contributed by atoms with Crippen LogP contribution in [0.3, 0.4) is 0 Å². The molecule has 8 atom stereocenters. The smallest absolute Gasteiger partial charge is 0.331 e. The van der Waals surface area contributed by atoms with Gasteiger partial charge in [0.15, 0.2) is 0 Å². The lowest BCUT2D eigenvalue weighted by atomic mass is 10.2. The monoisotopic (exact) mass is 500 g/mol. The second kappa shape index (κ2) is 11.2. The van der Waals surface area contributed by atoms with Gasteiger partial charge in [-0.25, -0.2) is 0 Å². The molecule has 4 heterocycles. The predicted octanol–water partition coefficient (Wildman–Crippen LogP) is 1.69. The van der Waals surface area contributed by atoms with Gasteiger partial charge in [-0.2, -0.15) is 0 Å². The summed E-state index contributed by atoms with van der Waals surface area (Å²) < 4.78 is 66.7. The largest absolute Gasteiger partial charge is 0.394 e. The highest BCUT2D eigenvalue weighted by atomic mass is 31.2. The third-order valence-corrected chi connectivity index (χ3v) is 10.2. The van der Waals surface area contributed by atoms with Crippen LogP contribution in [-0.2, 0) is 41.4 Å². The number of fused-ring (bicyclic) bond motifs is 1. The summed E-state index contributed by atoms with van der Waals surface area (Å²) in [6.07, 6.45) is -0.555. The molecule has 4 aliphatic heterocycles. The Labute approximate surface area is 188 Å². The lowest BCUT2D eigenvalue weighted by Crippen LogP contribution is -2.31. The van der Waals surface area contributed by atoms with Gasteiger partial charge in [-0.05, 0) is 19.3 Å². The summed E-state index contributed by atoms with van der Waals surface area (Å²) in [5.41, 5.74) is 0. The molecule has 0 amide bonds. The van der Waals surface area contributed by atoms with E-state index in [0.717, 1.165) is 0 Å². The first kappa shape index (κ1) is 25.2. The zero-order valence-electron chi connectivity index (χ0n) is 18.1. The minimum Gasteiger partial charge on any atom is -0.394 e. The summed E-state index contributed by atoms with van der Waals surface area (Å²) in [6.45, 7) is 1.01. The Hall–Kier alpha value is 0.1000. The zero-order chi connectivity index (χ0) is 22.6. The van der Waals surface area contributed by atoms with Crippen LogP contribution in [0.2, 0.25) is 0 Å². The van der Waals surface area contributed by atoms with Crippen molar-refractivity contribution in [1.82, 2.24) is 0 Å². The van der Waals surface area contributed by atoms with E-state index in [1.807, 2.05) is 0 Å². The predicted molar refractivity (Wildman–Crippen MR) is 112 cm³/mol. The molecule has 0 radical (unpaired) electrons. The van der Waals surface area contributed by atoms with Crippen molar-refractivity contribution in [2.24, 2.45) is 0 Å². The van der Waals surface area contributed by atoms with Crippen molar-refractivity contribution in [3.8, 4) is 0 Å². The summed E-state index contributed by atoms with van der Waals surface area (Å²) in [5, 5.41) is 19.4. The Morgan fingerprint density at radius 2 is 1.59 bits per heavy atom. The van der Waals surface area contributed by atoms with Crippen molar-refractivity contribution in [3.63, 3.8) is 0 Å². The zero-order valence-corrected chi connectivity index (χ0v) is 19.9. The minimum atomic E-state index is -3.50. The first-order chi connectivity index (χ1) is 15.4. The van der Waals surface area contributed by atoms with Crippen molar-refractivity contribution in [2.75, 3.05) is 52.0 Å². The van der Waals surface area contributed by atoms with Crippen LogP contribution >= 0.6 is 15.2 Å². The van der Waals surface area contributed by atoms with E-state index in [2.05, 4.69) is 0 Å². The lowest BCUT2D eigenvalue weighted by molar-refractivity contribution is -0.0131. The van der Waals surface area contributed by atoms with E-state index < -0.39 is 51.8 Å². The Morgan fingerprint density at radius 1 is 0.875 bits per heavy atom. The summed E-state index contributed by atoms with van der Waals surface area (Å²) in [4.78, 5) is 0. The van der Waals surface area contributed by atoms with Crippen LogP contribution in [0.5, 0.6) is 0 Å². The normalized spacial score (nSPS) is 46.1. The Morgan fingerprint density at radius 3 is 2.34 bits per heavy atom. The molecule has 0 spiro atoms. The third-order valence-electron chi connectivity index (χ3n) is 6.23. The quantitative estimate of drug-likeness (QED) is 0.515. The first-order valence-electron chi connectivity index (χ1n) is 11.4. The molecule has 186 valence electrons. The molecule has 4 rings (SSSR count). The molecule has 4 saturated heterocycles. The summed E-state index contributed by atoms with van der Waals surface area (Å²) >= 11 is 0. The number of hydrogen-bond donors (Lipinski definition) is 2. The van der Waals surface area contributed by atoms with Gasteiger partial charge in [0.25, 0.3) is 0 Å². The van der Waals surface area contributed by atoms with Crippen molar-refractivity contribution in [3.05, 3.63) is 0 Å². The average molecular weight is 500 g/mol. The van der Waals surface area contributed by atoms with E-state index in [9.17, 15) is 19.3 Å². The van der Waals surface area contributed by atoms with E-state index in [1.165, 1.54) is 0 Å². The maximum atomic E-state index is 13.5. The van der Waals surface area contributed by atoms with Crippen LogP contribution in [-0.4, -0.2) is 98.8 Å². The van der Waals surface area contributed by atoms with Gasteiger partial charge < -0.3 is 42.5 Å². The summed E-state index contributed by atoms with van der Waals surface area (Å²) in [5.74, 6) is 0. The maximum Gasteiger partial charge on any atom is 0.331 e. The summed E-state index contributed by atoms with van der Waals surface area (Å²) in [6, 6.07) is 0. The van der Waals surface area contributed by atoms with Gasteiger partial charge in [0.1, 0.15) is 18.3 Å². The molecule has 32 heavy (non-hydrogen) atoms. The van der Waals surface area contributed by atoms with Crippen LogP contribution in [0.4, 0.5) is 0 Å². The van der Waals surface area contributed by atoms with Crippen molar-refractivity contribution < 1.29 is 51.6 Å². The van der Waals surface area contributed by atoms with Crippen LogP contribution in [0.1, 0.15) is 32.1 Å². The fourth-order valence-electron chi connectivity index (χ4n) is 4.31. The topological polar surface area (TPSA) is 139 Å². The number of ether oxygens (including phenoxy) is 3. The highest BCUT2D eigenvalue weighted by molar-refractivity contribution is 7.54. The van der Waals surface area contributed by atoms with E-state index in [4.69, 9.17) is 32.3 Å². The Balaban J connectivity index is 1.41. The van der Waals surface area contributed by atoms with E-state index in [-0.39, 0.29) is 32.1 Å². The number of rotatable bonds is 6. The van der Waals surface area contributed by atoms with Gasteiger partial charge in [-0.1, -0.05) is 0 Å². The molecule has 4 aliphatic rings. The molecule has 0 bridgehead atoms. The van der Waals surface area contributed by atoms with Crippen LogP contribution in [0.15, 0.2) is 0 Å².